The van der Waals surface area contributed by atoms with Crippen LogP contribution in [-0.2, 0) is 0 Å². The van der Waals surface area contributed by atoms with E-state index >= 15 is 0 Å². The molecule has 0 bridgehead atoms. The van der Waals surface area contributed by atoms with E-state index in [1.54, 1.807) is 30.3 Å². The molecule has 0 saturated carbocycles. The van der Waals surface area contributed by atoms with Gasteiger partial charge >= 0.3 is 0 Å². The maximum Gasteiger partial charge on any atom is 0.257 e. The highest BCUT2D eigenvalue weighted by molar-refractivity contribution is 7.22. The summed E-state index contributed by atoms with van der Waals surface area (Å²) in [5.74, 6) is -0.289. The van der Waals surface area contributed by atoms with Crippen LogP contribution in [0.5, 0.6) is 0 Å². The third kappa shape index (κ3) is 4.03. The van der Waals surface area contributed by atoms with Crippen LogP contribution in [0.25, 0.3) is 10.2 Å². The number of carbonyl (C=O) groups excluding carboxylic acids is 2. The summed E-state index contributed by atoms with van der Waals surface area (Å²) in [4.78, 5) is 28.7. The van der Waals surface area contributed by atoms with E-state index in [1.165, 1.54) is 11.3 Å². The van der Waals surface area contributed by atoms with Crippen LogP contribution in [0.15, 0.2) is 42.5 Å². The number of benzene rings is 2. The van der Waals surface area contributed by atoms with Gasteiger partial charge in [0, 0.05) is 17.7 Å². The van der Waals surface area contributed by atoms with Crippen LogP contribution >= 0.6 is 11.3 Å². The lowest BCUT2D eigenvalue weighted by Crippen LogP contribution is -2.23. The van der Waals surface area contributed by atoms with E-state index in [4.69, 9.17) is 0 Å². The van der Waals surface area contributed by atoms with E-state index in [0.717, 1.165) is 22.2 Å². The molecule has 128 valence electrons. The minimum Gasteiger partial charge on any atom is -0.352 e. The molecule has 0 unspecified atom stereocenters. The summed E-state index contributed by atoms with van der Waals surface area (Å²) in [6, 6.07) is 12.7. The summed E-state index contributed by atoms with van der Waals surface area (Å²) in [6.45, 7) is 4.64. The van der Waals surface area contributed by atoms with Gasteiger partial charge in [-0.15, -0.1) is 0 Å². The van der Waals surface area contributed by atoms with E-state index in [9.17, 15) is 9.59 Å². The third-order valence-electron chi connectivity index (χ3n) is 3.72. The fourth-order valence-corrected chi connectivity index (χ4v) is 3.23. The van der Waals surface area contributed by atoms with Gasteiger partial charge in [-0.3, -0.25) is 14.9 Å². The maximum absolute atomic E-state index is 12.3. The molecule has 0 saturated heterocycles. The van der Waals surface area contributed by atoms with Crippen LogP contribution in [0.4, 0.5) is 5.13 Å². The molecule has 2 aromatic carbocycles. The first-order valence-corrected chi connectivity index (χ1v) is 8.95. The SMILES string of the molecule is CCCNC(=O)c1ccc2nc(NC(=O)c3ccc(C)cc3)sc2c1. The molecule has 1 aromatic heterocycles. The molecule has 0 aliphatic carbocycles. The molecule has 2 amide bonds. The zero-order valence-corrected chi connectivity index (χ0v) is 14.9. The zero-order valence-electron chi connectivity index (χ0n) is 14.1. The molecule has 0 radical (unpaired) electrons. The van der Waals surface area contributed by atoms with Crippen LogP contribution in [0.1, 0.15) is 39.6 Å². The molecule has 3 aromatic rings. The average Bonchev–Trinajstić information content (AvgIpc) is 3.01. The fourth-order valence-electron chi connectivity index (χ4n) is 2.33. The predicted octanol–water partition coefficient (Wildman–Crippen LogP) is 4.00. The number of fused-ring (bicyclic) bond motifs is 1. The molecule has 1 heterocycles. The Kier molecular flexibility index (Phi) is 5.09. The van der Waals surface area contributed by atoms with E-state index in [-0.39, 0.29) is 11.8 Å². The van der Waals surface area contributed by atoms with E-state index in [1.807, 2.05) is 26.0 Å². The monoisotopic (exact) mass is 353 g/mol. The van der Waals surface area contributed by atoms with Crippen molar-refractivity contribution in [2.45, 2.75) is 20.3 Å². The smallest absolute Gasteiger partial charge is 0.257 e. The number of hydrogen-bond donors (Lipinski definition) is 2. The number of nitrogens with one attached hydrogen (secondary N) is 2. The number of nitrogens with zero attached hydrogens (tertiary/aromatic N) is 1. The molecular formula is C19H19N3O2S. The topological polar surface area (TPSA) is 71.1 Å². The molecule has 0 fully saturated rings. The Bertz CT molecular complexity index is 916. The van der Waals surface area contributed by atoms with Gasteiger partial charge in [-0.1, -0.05) is 36.0 Å². The number of aromatic nitrogens is 1. The van der Waals surface area contributed by atoms with Crippen molar-refractivity contribution in [3.8, 4) is 0 Å². The number of anilines is 1. The molecular weight excluding hydrogens is 334 g/mol. The fraction of sp³-hybridized carbons (Fsp3) is 0.211. The van der Waals surface area contributed by atoms with Crippen LogP contribution in [-0.4, -0.2) is 23.3 Å². The highest BCUT2D eigenvalue weighted by atomic mass is 32.1. The van der Waals surface area contributed by atoms with Crippen molar-refractivity contribution in [3.63, 3.8) is 0 Å². The van der Waals surface area contributed by atoms with Crippen LogP contribution < -0.4 is 10.6 Å². The van der Waals surface area contributed by atoms with E-state index < -0.39 is 0 Å². The van der Waals surface area contributed by atoms with Crippen LogP contribution in [0.2, 0.25) is 0 Å². The van der Waals surface area contributed by atoms with Crippen molar-refractivity contribution < 1.29 is 9.59 Å². The van der Waals surface area contributed by atoms with Crippen molar-refractivity contribution >= 4 is 38.5 Å². The second-order valence-electron chi connectivity index (χ2n) is 5.78. The summed E-state index contributed by atoms with van der Waals surface area (Å²) in [5, 5.41) is 6.19. The van der Waals surface area contributed by atoms with Gasteiger partial charge in [-0.2, -0.15) is 0 Å². The second-order valence-corrected chi connectivity index (χ2v) is 6.81. The molecule has 0 atom stereocenters. The van der Waals surface area contributed by atoms with Gasteiger partial charge in [0.15, 0.2) is 5.13 Å². The Morgan fingerprint density at radius 2 is 1.76 bits per heavy atom. The Labute approximate surface area is 150 Å². The lowest BCUT2D eigenvalue weighted by molar-refractivity contribution is 0.0953. The molecule has 0 aliphatic rings. The first-order valence-electron chi connectivity index (χ1n) is 8.13. The summed E-state index contributed by atoms with van der Waals surface area (Å²) in [7, 11) is 0. The summed E-state index contributed by atoms with van der Waals surface area (Å²) >= 11 is 1.36. The molecule has 0 aliphatic heterocycles. The minimum absolute atomic E-state index is 0.0950. The van der Waals surface area contributed by atoms with E-state index in [0.29, 0.717) is 22.8 Å². The molecule has 6 heteroatoms. The molecule has 3 rings (SSSR count). The Morgan fingerprint density at radius 1 is 1.04 bits per heavy atom. The lowest BCUT2D eigenvalue weighted by atomic mass is 10.1. The lowest BCUT2D eigenvalue weighted by Gasteiger charge is -2.02. The molecule has 25 heavy (non-hydrogen) atoms. The van der Waals surface area contributed by atoms with Crippen LogP contribution in [0.3, 0.4) is 0 Å². The normalized spacial score (nSPS) is 10.6. The standard InChI is InChI=1S/C19H19N3O2S/c1-3-10-20-17(23)14-8-9-15-16(11-14)25-19(21-15)22-18(24)13-6-4-12(2)5-7-13/h4-9,11H,3,10H2,1-2H3,(H,20,23)(H,21,22,24). The second kappa shape index (κ2) is 7.44. The van der Waals surface area contributed by atoms with Gasteiger partial charge in [-0.25, -0.2) is 4.98 Å². The number of carbonyl (C=O) groups is 2. The van der Waals surface area contributed by atoms with Gasteiger partial charge in [0.2, 0.25) is 0 Å². The van der Waals surface area contributed by atoms with Gasteiger partial charge in [0.1, 0.15) is 0 Å². The summed E-state index contributed by atoms with van der Waals surface area (Å²) in [5.41, 5.74) is 3.05. The first-order chi connectivity index (χ1) is 12.1. The Hall–Kier alpha value is -2.73. The number of aryl methyl sites for hydroxylation is 1. The first kappa shape index (κ1) is 17.1. The average molecular weight is 353 g/mol. The number of thiazole rings is 1. The van der Waals surface area contributed by atoms with Crippen molar-refractivity contribution in [2.24, 2.45) is 0 Å². The number of amides is 2. The van der Waals surface area contributed by atoms with Gasteiger partial charge in [0.25, 0.3) is 11.8 Å². The van der Waals surface area contributed by atoms with Crippen molar-refractivity contribution in [1.29, 1.82) is 0 Å². The van der Waals surface area contributed by atoms with Crippen LogP contribution in [0, 0.1) is 6.92 Å². The third-order valence-corrected chi connectivity index (χ3v) is 4.65. The van der Waals surface area contributed by atoms with Gasteiger partial charge in [0.05, 0.1) is 10.2 Å². The predicted molar refractivity (Wildman–Crippen MR) is 101 cm³/mol. The highest BCUT2D eigenvalue weighted by Gasteiger charge is 2.12. The Morgan fingerprint density at radius 3 is 2.48 bits per heavy atom. The van der Waals surface area contributed by atoms with Gasteiger partial charge in [-0.05, 0) is 43.7 Å². The van der Waals surface area contributed by atoms with E-state index in [2.05, 4.69) is 15.6 Å². The highest BCUT2D eigenvalue weighted by Crippen LogP contribution is 2.27. The molecule has 0 spiro atoms. The van der Waals surface area contributed by atoms with Crippen molar-refractivity contribution in [3.05, 3.63) is 59.2 Å². The quantitative estimate of drug-likeness (QED) is 0.728. The summed E-state index contributed by atoms with van der Waals surface area (Å²) < 4.78 is 0.864. The Balaban J connectivity index is 1.77. The van der Waals surface area contributed by atoms with Crippen molar-refractivity contribution in [1.82, 2.24) is 10.3 Å². The van der Waals surface area contributed by atoms with Crippen molar-refractivity contribution in [2.75, 3.05) is 11.9 Å². The number of rotatable bonds is 5. The minimum atomic E-state index is -0.194. The molecule has 2 N–H and O–H groups in total. The molecule has 5 nitrogen and oxygen atoms in total. The van der Waals surface area contributed by atoms with Gasteiger partial charge < -0.3 is 5.32 Å². The maximum atomic E-state index is 12.3. The summed E-state index contributed by atoms with van der Waals surface area (Å²) in [6.07, 6.45) is 0.893. The zero-order chi connectivity index (χ0) is 17.8. The largest absolute Gasteiger partial charge is 0.352 e. The number of hydrogen-bond acceptors (Lipinski definition) is 4.